The molecule has 1 aliphatic rings. The number of ether oxygens (including phenoxy) is 1. The molecule has 5 nitrogen and oxygen atoms in total. The highest BCUT2D eigenvalue weighted by molar-refractivity contribution is 5.98. The number of aryl methyl sites for hydroxylation is 1. The molecule has 1 saturated carbocycles. The van der Waals surface area contributed by atoms with E-state index in [1.807, 2.05) is 43.3 Å². The number of benzene rings is 2. The molecule has 1 fully saturated rings. The fourth-order valence-electron chi connectivity index (χ4n) is 3.50. The number of methoxy groups -OCH3 is 1. The van der Waals surface area contributed by atoms with Gasteiger partial charge in [-0.05, 0) is 49.1 Å². The molecule has 142 valence electrons. The minimum atomic E-state index is -0.684. The Morgan fingerprint density at radius 3 is 2.41 bits per heavy atom. The third-order valence-electron chi connectivity index (χ3n) is 5.01. The number of hydrogen-bond acceptors (Lipinski definition) is 3. The third kappa shape index (κ3) is 4.74. The van der Waals surface area contributed by atoms with Gasteiger partial charge in [0.15, 0.2) is 6.10 Å². The molecular weight excluding hydrogens is 340 g/mol. The number of anilines is 1. The lowest BCUT2D eigenvalue weighted by Gasteiger charge is -2.17. The lowest BCUT2D eigenvalue weighted by atomic mass is 10.1. The van der Waals surface area contributed by atoms with Crippen molar-refractivity contribution in [2.75, 3.05) is 12.4 Å². The van der Waals surface area contributed by atoms with Crippen molar-refractivity contribution in [3.8, 4) is 0 Å². The molecule has 0 bridgehead atoms. The SMILES string of the molecule is CO[C@@H](C(=O)Nc1ccc(C(=O)NC2CCCC2)cc1C)c1ccccc1. The van der Waals surface area contributed by atoms with Gasteiger partial charge < -0.3 is 15.4 Å². The topological polar surface area (TPSA) is 67.4 Å². The standard InChI is InChI=1S/C22H26N2O3/c1-15-14-17(21(25)23-18-10-6-7-11-18)12-13-19(15)24-22(26)20(27-2)16-8-4-3-5-9-16/h3-5,8-9,12-14,18,20H,6-7,10-11H2,1-2H3,(H,23,25)(H,24,26)/t20-/m1/s1. The van der Waals surface area contributed by atoms with Gasteiger partial charge in [-0.25, -0.2) is 0 Å². The molecule has 2 aromatic carbocycles. The molecule has 0 spiro atoms. The summed E-state index contributed by atoms with van der Waals surface area (Å²) in [5.74, 6) is -0.295. The first-order valence-electron chi connectivity index (χ1n) is 9.38. The van der Waals surface area contributed by atoms with Gasteiger partial charge >= 0.3 is 0 Å². The van der Waals surface area contributed by atoms with E-state index in [2.05, 4.69) is 10.6 Å². The molecule has 0 aliphatic heterocycles. The van der Waals surface area contributed by atoms with E-state index in [0.29, 0.717) is 11.3 Å². The Morgan fingerprint density at radius 1 is 1.07 bits per heavy atom. The van der Waals surface area contributed by atoms with Crippen LogP contribution < -0.4 is 10.6 Å². The molecule has 2 amide bonds. The number of carbonyl (C=O) groups excluding carboxylic acids is 2. The van der Waals surface area contributed by atoms with Crippen LogP contribution in [0.15, 0.2) is 48.5 Å². The van der Waals surface area contributed by atoms with Gasteiger partial charge in [0.2, 0.25) is 0 Å². The Balaban J connectivity index is 1.68. The van der Waals surface area contributed by atoms with Gasteiger partial charge in [0, 0.05) is 24.4 Å². The van der Waals surface area contributed by atoms with Gasteiger partial charge in [-0.3, -0.25) is 9.59 Å². The zero-order valence-corrected chi connectivity index (χ0v) is 15.8. The maximum Gasteiger partial charge on any atom is 0.258 e. The van der Waals surface area contributed by atoms with Crippen molar-refractivity contribution in [1.82, 2.24) is 5.32 Å². The van der Waals surface area contributed by atoms with E-state index in [-0.39, 0.29) is 17.9 Å². The molecule has 2 aromatic rings. The van der Waals surface area contributed by atoms with Gasteiger partial charge in [0.25, 0.3) is 11.8 Å². The molecule has 0 saturated heterocycles. The molecule has 0 radical (unpaired) electrons. The van der Waals surface area contributed by atoms with Crippen LogP contribution >= 0.6 is 0 Å². The first kappa shape index (κ1) is 19.1. The number of amides is 2. The Labute approximate surface area is 160 Å². The second kappa shape index (κ2) is 8.82. The average molecular weight is 366 g/mol. The highest BCUT2D eigenvalue weighted by Gasteiger charge is 2.21. The average Bonchev–Trinajstić information content (AvgIpc) is 3.18. The van der Waals surface area contributed by atoms with Crippen molar-refractivity contribution in [2.45, 2.75) is 44.8 Å². The van der Waals surface area contributed by atoms with Crippen LogP contribution in [0.5, 0.6) is 0 Å². The van der Waals surface area contributed by atoms with Crippen LogP contribution in [0, 0.1) is 6.92 Å². The van der Waals surface area contributed by atoms with Crippen molar-refractivity contribution in [2.24, 2.45) is 0 Å². The van der Waals surface area contributed by atoms with E-state index in [1.54, 1.807) is 12.1 Å². The van der Waals surface area contributed by atoms with Crippen molar-refractivity contribution in [3.05, 3.63) is 65.2 Å². The number of rotatable bonds is 6. The normalized spacial score (nSPS) is 15.3. The second-order valence-corrected chi connectivity index (χ2v) is 7.00. The van der Waals surface area contributed by atoms with Crippen LogP contribution in [0.4, 0.5) is 5.69 Å². The Bertz CT molecular complexity index is 798. The summed E-state index contributed by atoms with van der Waals surface area (Å²) in [6, 6.07) is 15.0. The summed E-state index contributed by atoms with van der Waals surface area (Å²) in [5.41, 5.74) is 2.92. The minimum Gasteiger partial charge on any atom is -0.367 e. The lowest BCUT2D eigenvalue weighted by molar-refractivity contribution is -0.126. The minimum absolute atomic E-state index is 0.0538. The molecule has 0 unspecified atom stereocenters. The van der Waals surface area contributed by atoms with Gasteiger partial charge in [-0.15, -0.1) is 0 Å². The number of nitrogens with one attached hydrogen (secondary N) is 2. The van der Waals surface area contributed by atoms with E-state index >= 15 is 0 Å². The first-order chi connectivity index (χ1) is 13.1. The van der Waals surface area contributed by atoms with Gasteiger partial charge in [0.1, 0.15) is 0 Å². The Kier molecular flexibility index (Phi) is 6.24. The maximum atomic E-state index is 12.6. The molecule has 27 heavy (non-hydrogen) atoms. The lowest BCUT2D eigenvalue weighted by Crippen LogP contribution is -2.32. The predicted octanol–water partition coefficient (Wildman–Crippen LogP) is 3.99. The summed E-state index contributed by atoms with van der Waals surface area (Å²) in [6.07, 6.45) is 3.78. The Morgan fingerprint density at radius 2 is 1.78 bits per heavy atom. The van der Waals surface area contributed by atoms with Crippen molar-refractivity contribution >= 4 is 17.5 Å². The molecule has 1 aliphatic carbocycles. The van der Waals surface area contributed by atoms with Crippen LogP contribution in [0.25, 0.3) is 0 Å². The number of hydrogen-bond donors (Lipinski definition) is 2. The summed E-state index contributed by atoms with van der Waals surface area (Å²) in [7, 11) is 1.51. The summed E-state index contributed by atoms with van der Waals surface area (Å²) in [5, 5.41) is 5.99. The fraction of sp³-hybridized carbons (Fsp3) is 0.364. The second-order valence-electron chi connectivity index (χ2n) is 7.00. The molecule has 0 aromatic heterocycles. The van der Waals surface area contributed by atoms with E-state index < -0.39 is 6.10 Å². The Hall–Kier alpha value is -2.66. The van der Waals surface area contributed by atoms with Crippen LogP contribution in [0.1, 0.15) is 53.3 Å². The van der Waals surface area contributed by atoms with E-state index in [9.17, 15) is 9.59 Å². The maximum absolute atomic E-state index is 12.6. The molecule has 0 heterocycles. The molecule has 5 heteroatoms. The highest BCUT2D eigenvalue weighted by Crippen LogP contribution is 2.23. The van der Waals surface area contributed by atoms with Gasteiger partial charge in [-0.1, -0.05) is 43.2 Å². The van der Waals surface area contributed by atoms with Crippen LogP contribution in [0.2, 0.25) is 0 Å². The van der Waals surface area contributed by atoms with Gasteiger partial charge in [0.05, 0.1) is 0 Å². The highest BCUT2D eigenvalue weighted by atomic mass is 16.5. The summed E-state index contributed by atoms with van der Waals surface area (Å²) in [6.45, 7) is 1.88. The van der Waals surface area contributed by atoms with Crippen molar-refractivity contribution in [1.29, 1.82) is 0 Å². The fourth-order valence-corrected chi connectivity index (χ4v) is 3.50. The van der Waals surface area contributed by atoms with Crippen molar-refractivity contribution in [3.63, 3.8) is 0 Å². The summed E-state index contributed by atoms with van der Waals surface area (Å²) < 4.78 is 5.37. The van der Waals surface area contributed by atoms with Crippen molar-refractivity contribution < 1.29 is 14.3 Å². The van der Waals surface area contributed by atoms with Gasteiger partial charge in [-0.2, -0.15) is 0 Å². The molecule has 3 rings (SSSR count). The molecular formula is C22H26N2O3. The van der Waals surface area contributed by atoms with E-state index in [0.717, 1.165) is 24.0 Å². The summed E-state index contributed by atoms with van der Waals surface area (Å²) in [4.78, 5) is 25.0. The quantitative estimate of drug-likeness (QED) is 0.812. The third-order valence-corrected chi connectivity index (χ3v) is 5.01. The van der Waals surface area contributed by atoms with Crippen LogP contribution in [0.3, 0.4) is 0 Å². The zero-order valence-electron chi connectivity index (χ0n) is 15.8. The molecule has 2 N–H and O–H groups in total. The van der Waals surface area contributed by atoms with Crippen LogP contribution in [-0.2, 0) is 9.53 Å². The zero-order chi connectivity index (χ0) is 19.2. The first-order valence-corrected chi connectivity index (χ1v) is 9.38. The van der Waals surface area contributed by atoms with E-state index in [4.69, 9.17) is 4.74 Å². The predicted molar refractivity (Wildman–Crippen MR) is 106 cm³/mol. The smallest absolute Gasteiger partial charge is 0.258 e. The van der Waals surface area contributed by atoms with E-state index in [1.165, 1.54) is 20.0 Å². The summed E-state index contributed by atoms with van der Waals surface area (Å²) >= 11 is 0. The largest absolute Gasteiger partial charge is 0.367 e. The monoisotopic (exact) mass is 366 g/mol. The van der Waals surface area contributed by atoms with Crippen LogP contribution in [-0.4, -0.2) is 25.0 Å². The molecule has 1 atom stereocenters. The number of carbonyl (C=O) groups is 2.